The third kappa shape index (κ3) is 6.10. The second-order valence-corrected chi connectivity index (χ2v) is 6.80. The first-order chi connectivity index (χ1) is 12.0. The second-order valence-electron chi connectivity index (χ2n) is 6.80. The number of nitrogens with one attached hydrogen (secondary N) is 1. The Labute approximate surface area is 148 Å². The number of morpholine rings is 1. The Morgan fingerprint density at radius 2 is 2.00 bits per heavy atom. The maximum absolute atomic E-state index is 12.3. The van der Waals surface area contributed by atoms with Crippen molar-refractivity contribution in [2.75, 3.05) is 32.8 Å². The normalized spacial score (nSPS) is 16.6. The Hall–Kier alpha value is -1.99. The SMILES string of the molecule is CC(C)CC(CNC(=O)Cc1ccccc1[N+](=O)[O-])N1CCOCC1. The maximum Gasteiger partial charge on any atom is 0.273 e. The van der Waals surface area contributed by atoms with Crippen molar-refractivity contribution in [2.24, 2.45) is 5.92 Å². The Balaban J connectivity index is 1.93. The molecule has 1 aliphatic heterocycles. The summed E-state index contributed by atoms with van der Waals surface area (Å²) in [6.07, 6.45) is 1.01. The smallest absolute Gasteiger partial charge is 0.273 e. The topological polar surface area (TPSA) is 84.7 Å². The van der Waals surface area contributed by atoms with Crippen LogP contribution in [0.4, 0.5) is 5.69 Å². The highest BCUT2D eigenvalue weighted by Gasteiger charge is 2.23. The van der Waals surface area contributed by atoms with Crippen LogP contribution in [0, 0.1) is 16.0 Å². The van der Waals surface area contributed by atoms with E-state index >= 15 is 0 Å². The van der Waals surface area contributed by atoms with E-state index in [1.54, 1.807) is 18.2 Å². The highest BCUT2D eigenvalue weighted by molar-refractivity contribution is 5.79. The molecule has 1 aromatic carbocycles. The molecule has 2 rings (SSSR count). The summed E-state index contributed by atoms with van der Waals surface area (Å²) < 4.78 is 5.40. The third-order valence-corrected chi connectivity index (χ3v) is 4.38. The maximum atomic E-state index is 12.3. The summed E-state index contributed by atoms with van der Waals surface area (Å²) in [4.78, 5) is 25.2. The highest BCUT2D eigenvalue weighted by atomic mass is 16.6. The zero-order chi connectivity index (χ0) is 18.2. The van der Waals surface area contributed by atoms with Crippen LogP contribution in [0.3, 0.4) is 0 Å². The summed E-state index contributed by atoms with van der Waals surface area (Å²) in [5, 5.41) is 14.0. The summed E-state index contributed by atoms with van der Waals surface area (Å²) in [5.41, 5.74) is 0.432. The number of hydrogen-bond acceptors (Lipinski definition) is 5. The van der Waals surface area contributed by atoms with Crippen molar-refractivity contribution in [1.29, 1.82) is 0 Å². The molecule has 7 nitrogen and oxygen atoms in total. The van der Waals surface area contributed by atoms with Gasteiger partial charge in [0.15, 0.2) is 0 Å². The molecule has 0 bridgehead atoms. The number of ether oxygens (including phenoxy) is 1. The van der Waals surface area contributed by atoms with E-state index in [1.807, 2.05) is 0 Å². The van der Waals surface area contributed by atoms with Gasteiger partial charge in [-0.25, -0.2) is 0 Å². The molecule has 0 aromatic heterocycles. The second kappa shape index (κ2) is 9.48. The van der Waals surface area contributed by atoms with Crippen LogP contribution in [0.15, 0.2) is 24.3 Å². The molecule has 1 saturated heterocycles. The lowest BCUT2D eigenvalue weighted by Crippen LogP contribution is -2.49. The third-order valence-electron chi connectivity index (χ3n) is 4.38. The van der Waals surface area contributed by atoms with Gasteiger partial charge >= 0.3 is 0 Å². The Kier molecular flexibility index (Phi) is 7.33. The number of nitro benzene ring substituents is 1. The number of nitro groups is 1. The lowest BCUT2D eigenvalue weighted by Gasteiger charge is -2.35. The minimum atomic E-state index is -0.447. The summed E-state index contributed by atoms with van der Waals surface area (Å²) in [7, 11) is 0. The Morgan fingerprint density at radius 3 is 2.64 bits per heavy atom. The average Bonchev–Trinajstić information content (AvgIpc) is 2.59. The molecule has 1 amide bonds. The molecule has 1 fully saturated rings. The van der Waals surface area contributed by atoms with Crippen LogP contribution in [0.2, 0.25) is 0 Å². The largest absolute Gasteiger partial charge is 0.379 e. The number of para-hydroxylation sites is 1. The summed E-state index contributed by atoms with van der Waals surface area (Å²) in [6.45, 7) is 8.08. The molecular formula is C18H27N3O4. The van der Waals surface area contributed by atoms with E-state index < -0.39 is 4.92 Å². The van der Waals surface area contributed by atoms with Gasteiger partial charge in [-0.05, 0) is 12.3 Å². The first kappa shape index (κ1) is 19.3. The molecule has 138 valence electrons. The van der Waals surface area contributed by atoms with Gasteiger partial charge in [-0.1, -0.05) is 32.0 Å². The van der Waals surface area contributed by atoms with Crippen LogP contribution in [-0.2, 0) is 16.0 Å². The van der Waals surface area contributed by atoms with Crippen molar-refractivity contribution in [1.82, 2.24) is 10.2 Å². The molecular weight excluding hydrogens is 322 g/mol. The highest BCUT2D eigenvalue weighted by Crippen LogP contribution is 2.18. The van der Waals surface area contributed by atoms with Gasteiger partial charge < -0.3 is 10.1 Å². The molecule has 1 atom stereocenters. The zero-order valence-corrected chi connectivity index (χ0v) is 14.9. The minimum Gasteiger partial charge on any atom is -0.379 e. The molecule has 0 spiro atoms. The van der Waals surface area contributed by atoms with E-state index in [1.165, 1.54) is 6.07 Å². The molecule has 1 heterocycles. The van der Waals surface area contributed by atoms with Crippen molar-refractivity contribution in [3.63, 3.8) is 0 Å². The van der Waals surface area contributed by atoms with Crippen LogP contribution in [-0.4, -0.2) is 54.6 Å². The predicted octanol–water partition coefficient (Wildman–Crippen LogP) is 2.00. The van der Waals surface area contributed by atoms with Crippen LogP contribution in [0.1, 0.15) is 25.8 Å². The Morgan fingerprint density at radius 1 is 1.32 bits per heavy atom. The van der Waals surface area contributed by atoms with E-state index in [0.29, 0.717) is 18.0 Å². The number of nitrogens with zero attached hydrogens (tertiary/aromatic N) is 2. The quantitative estimate of drug-likeness (QED) is 0.573. The fourth-order valence-corrected chi connectivity index (χ4v) is 3.15. The molecule has 0 saturated carbocycles. The van der Waals surface area contributed by atoms with Crippen LogP contribution in [0.25, 0.3) is 0 Å². The Bertz CT molecular complexity index is 585. The molecule has 25 heavy (non-hydrogen) atoms. The van der Waals surface area contributed by atoms with Gasteiger partial charge in [0.25, 0.3) is 5.69 Å². The molecule has 1 aliphatic rings. The van der Waals surface area contributed by atoms with Crippen molar-refractivity contribution in [3.05, 3.63) is 39.9 Å². The van der Waals surface area contributed by atoms with Gasteiger partial charge in [-0.3, -0.25) is 19.8 Å². The van der Waals surface area contributed by atoms with E-state index in [0.717, 1.165) is 32.7 Å². The average molecular weight is 349 g/mol. The summed E-state index contributed by atoms with van der Waals surface area (Å²) >= 11 is 0. The molecule has 1 unspecified atom stereocenters. The van der Waals surface area contributed by atoms with Gasteiger partial charge in [-0.15, -0.1) is 0 Å². The predicted molar refractivity (Wildman–Crippen MR) is 95.4 cm³/mol. The number of benzene rings is 1. The fraction of sp³-hybridized carbons (Fsp3) is 0.611. The van der Waals surface area contributed by atoms with E-state index in [2.05, 4.69) is 24.1 Å². The van der Waals surface area contributed by atoms with Gasteiger partial charge in [-0.2, -0.15) is 0 Å². The summed E-state index contributed by atoms with van der Waals surface area (Å²) in [6, 6.07) is 6.64. The van der Waals surface area contributed by atoms with E-state index in [-0.39, 0.29) is 24.1 Å². The van der Waals surface area contributed by atoms with Crippen LogP contribution >= 0.6 is 0 Å². The standard InChI is InChI=1S/C18H27N3O4/c1-14(2)11-16(20-7-9-25-10-8-20)13-19-18(22)12-15-5-3-4-6-17(15)21(23)24/h3-6,14,16H,7-13H2,1-2H3,(H,19,22). The minimum absolute atomic E-state index is 0.00967. The summed E-state index contributed by atoms with van der Waals surface area (Å²) in [5.74, 6) is 0.344. The first-order valence-electron chi connectivity index (χ1n) is 8.78. The zero-order valence-electron chi connectivity index (χ0n) is 14.9. The molecule has 7 heteroatoms. The van der Waals surface area contributed by atoms with Gasteiger partial charge in [0, 0.05) is 37.3 Å². The molecule has 0 radical (unpaired) electrons. The van der Waals surface area contributed by atoms with E-state index in [4.69, 9.17) is 4.74 Å². The van der Waals surface area contributed by atoms with Crippen molar-refractivity contribution < 1.29 is 14.5 Å². The number of rotatable bonds is 8. The molecule has 1 aromatic rings. The number of carbonyl (C=O) groups excluding carboxylic acids is 1. The van der Waals surface area contributed by atoms with Crippen molar-refractivity contribution in [2.45, 2.75) is 32.7 Å². The molecule has 0 aliphatic carbocycles. The van der Waals surface area contributed by atoms with Crippen molar-refractivity contribution >= 4 is 11.6 Å². The van der Waals surface area contributed by atoms with Crippen LogP contribution < -0.4 is 5.32 Å². The fourth-order valence-electron chi connectivity index (χ4n) is 3.15. The lowest BCUT2D eigenvalue weighted by molar-refractivity contribution is -0.385. The van der Waals surface area contributed by atoms with Crippen LogP contribution in [0.5, 0.6) is 0 Å². The lowest BCUT2D eigenvalue weighted by atomic mass is 10.0. The number of amides is 1. The van der Waals surface area contributed by atoms with Gasteiger partial charge in [0.05, 0.1) is 24.6 Å². The monoisotopic (exact) mass is 349 g/mol. The number of carbonyl (C=O) groups is 1. The van der Waals surface area contributed by atoms with Gasteiger partial charge in [0.2, 0.25) is 5.91 Å². The van der Waals surface area contributed by atoms with E-state index in [9.17, 15) is 14.9 Å². The van der Waals surface area contributed by atoms with Crippen molar-refractivity contribution in [3.8, 4) is 0 Å². The first-order valence-corrected chi connectivity index (χ1v) is 8.78. The molecule has 1 N–H and O–H groups in total. The van der Waals surface area contributed by atoms with Gasteiger partial charge in [0.1, 0.15) is 0 Å². The number of hydrogen-bond donors (Lipinski definition) is 1.